The monoisotopic (exact) mass is 262 g/mol. The largest absolute Gasteiger partial charge is 0.369 e. The summed E-state index contributed by atoms with van der Waals surface area (Å²) in [6.45, 7) is 0. The van der Waals surface area contributed by atoms with Gasteiger partial charge in [-0.3, -0.25) is 9.59 Å². The van der Waals surface area contributed by atoms with Gasteiger partial charge in [-0.05, 0) is 18.2 Å². The predicted octanol–water partition coefficient (Wildman–Crippen LogP) is 2.37. The zero-order chi connectivity index (χ0) is 13.7. The fourth-order valence-electron chi connectivity index (χ4n) is 2.68. The average Bonchev–Trinajstić information content (AvgIpc) is 2.81. The normalized spacial score (nSPS) is 19.4. The van der Waals surface area contributed by atoms with Crippen molar-refractivity contribution in [3.63, 3.8) is 0 Å². The van der Waals surface area contributed by atoms with Crippen molar-refractivity contribution in [3.8, 4) is 0 Å². The van der Waals surface area contributed by atoms with Crippen LogP contribution in [0.25, 0.3) is 0 Å². The van der Waals surface area contributed by atoms with E-state index in [1.165, 1.54) is 0 Å². The van der Waals surface area contributed by atoms with Gasteiger partial charge in [0.05, 0.1) is 17.0 Å². The molecular formula is C16H10N2O2. The molecule has 2 aromatic rings. The molecule has 0 spiro atoms. The van der Waals surface area contributed by atoms with Gasteiger partial charge in [-0.1, -0.05) is 30.3 Å². The molecular weight excluding hydrogens is 252 g/mol. The molecule has 2 aromatic carbocycles. The molecule has 0 radical (unpaired) electrons. The van der Waals surface area contributed by atoms with E-state index in [-0.39, 0.29) is 0 Å². The number of anilines is 1. The van der Waals surface area contributed by atoms with Crippen molar-refractivity contribution in [3.05, 3.63) is 59.7 Å². The Morgan fingerprint density at radius 2 is 1.60 bits per heavy atom. The molecule has 0 saturated carbocycles. The van der Waals surface area contributed by atoms with Crippen LogP contribution in [0.3, 0.4) is 0 Å². The van der Waals surface area contributed by atoms with Crippen molar-refractivity contribution < 1.29 is 9.59 Å². The molecule has 1 N–H and O–H groups in total. The van der Waals surface area contributed by atoms with Crippen LogP contribution in [0.1, 0.15) is 15.9 Å². The number of nitrogens with one attached hydrogen (secondary N) is 1. The number of nitrogens with zero attached hydrogens (tertiary/aromatic N) is 1. The number of benzene rings is 2. The maximum absolute atomic E-state index is 12.4. The van der Waals surface area contributed by atoms with Gasteiger partial charge in [-0.15, -0.1) is 0 Å². The SMILES string of the molecule is O=C1C(=O)C2Nc3ccccc3C2=Nc2ccccc21. The van der Waals surface area contributed by atoms with Crippen molar-refractivity contribution in [2.24, 2.45) is 4.99 Å². The maximum Gasteiger partial charge on any atom is 0.233 e. The Hall–Kier alpha value is -2.75. The summed E-state index contributed by atoms with van der Waals surface area (Å²) in [7, 11) is 0. The third-order valence-corrected chi connectivity index (χ3v) is 3.65. The second kappa shape index (κ2) is 3.87. The number of fused-ring (bicyclic) bond motifs is 4. The van der Waals surface area contributed by atoms with E-state index in [1.54, 1.807) is 18.2 Å². The van der Waals surface area contributed by atoms with Gasteiger partial charge in [-0.2, -0.15) is 0 Å². The van der Waals surface area contributed by atoms with E-state index in [1.807, 2.05) is 30.3 Å². The molecule has 1 atom stereocenters. The van der Waals surface area contributed by atoms with Crippen LogP contribution in [0.2, 0.25) is 0 Å². The zero-order valence-corrected chi connectivity index (χ0v) is 10.5. The highest BCUT2D eigenvalue weighted by atomic mass is 16.2. The zero-order valence-electron chi connectivity index (χ0n) is 10.5. The molecule has 0 amide bonds. The molecule has 2 aliphatic rings. The molecule has 4 rings (SSSR count). The van der Waals surface area contributed by atoms with Crippen LogP contribution in [-0.2, 0) is 4.79 Å². The van der Waals surface area contributed by atoms with Crippen LogP contribution in [0.4, 0.5) is 11.4 Å². The molecule has 0 aromatic heterocycles. The van der Waals surface area contributed by atoms with Gasteiger partial charge in [0.25, 0.3) is 0 Å². The van der Waals surface area contributed by atoms with Crippen LogP contribution in [0, 0.1) is 0 Å². The van der Waals surface area contributed by atoms with E-state index in [2.05, 4.69) is 10.3 Å². The van der Waals surface area contributed by atoms with Crippen molar-refractivity contribution in [1.29, 1.82) is 0 Å². The first-order valence-corrected chi connectivity index (χ1v) is 6.38. The minimum atomic E-state index is -0.674. The fourth-order valence-corrected chi connectivity index (χ4v) is 2.68. The number of aliphatic imine (C=N–C) groups is 1. The highest BCUT2D eigenvalue weighted by Gasteiger charge is 2.39. The second-order valence-corrected chi connectivity index (χ2v) is 4.83. The van der Waals surface area contributed by atoms with Crippen LogP contribution in [-0.4, -0.2) is 23.3 Å². The van der Waals surface area contributed by atoms with Gasteiger partial charge in [0.15, 0.2) is 0 Å². The molecule has 0 saturated heterocycles. The quantitative estimate of drug-likeness (QED) is 0.741. The Morgan fingerprint density at radius 1 is 0.900 bits per heavy atom. The van der Waals surface area contributed by atoms with Gasteiger partial charge in [0, 0.05) is 11.3 Å². The average molecular weight is 262 g/mol. The standard InChI is InChI=1S/C16H10N2O2/c19-15-10-6-2-4-8-12(10)17-13-9-5-1-3-7-11(9)18-14(13)16(15)20/h1-8,14,18H. The van der Waals surface area contributed by atoms with Crippen LogP contribution in [0.5, 0.6) is 0 Å². The lowest BCUT2D eigenvalue weighted by molar-refractivity contribution is -0.114. The van der Waals surface area contributed by atoms with Crippen molar-refractivity contribution >= 4 is 28.7 Å². The highest BCUT2D eigenvalue weighted by Crippen LogP contribution is 2.33. The lowest BCUT2D eigenvalue weighted by Crippen LogP contribution is -2.36. The first-order chi connectivity index (χ1) is 9.75. The van der Waals surface area contributed by atoms with Crippen molar-refractivity contribution in [1.82, 2.24) is 0 Å². The summed E-state index contributed by atoms with van der Waals surface area (Å²) in [4.78, 5) is 29.2. The van der Waals surface area contributed by atoms with Crippen molar-refractivity contribution in [2.75, 3.05) is 5.32 Å². The molecule has 1 unspecified atom stereocenters. The Morgan fingerprint density at radius 3 is 2.45 bits per heavy atom. The van der Waals surface area contributed by atoms with E-state index < -0.39 is 17.6 Å². The molecule has 20 heavy (non-hydrogen) atoms. The number of Topliss-reactive ketones (excluding diaryl/α,β-unsaturated/α-hetero) is 2. The van der Waals surface area contributed by atoms with Gasteiger partial charge < -0.3 is 5.32 Å². The van der Waals surface area contributed by atoms with E-state index in [9.17, 15) is 9.59 Å². The Bertz CT molecular complexity index is 793. The highest BCUT2D eigenvalue weighted by molar-refractivity contribution is 6.53. The predicted molar refractivity (Wildman–Crippen MR) is 75.8 cm³/mol. The molecule has 96 valence electrons. The minimum Gasteiger partial charge on any atom is -0.369 e. The van der Waals surface area contributed by atoms with Crippen LogP contribution >= 0.6 is 0 Å². The Balaban J connectivity index is 2.00. The summed E-state index contributed by atoms with van der Waals surface area (Å²) in [6, 6.07) is 13.9. The van der Waals surface area contributed by atoms with Crippen molar-refractivity contribution in [2.45, 2.75) is 6.04 Å². The molecule has 4 nitrogen and oxygen atoms in total. The third-order valence-electron chi connectivity index (χ3n) is 3.65. The summed E-state index contributed by atoms with van der Waals surface area (Å²) in [6.07, 6.45) is 0. The summed E-state index contributed by atoms with van der Waals surface area (Å²) in [5.74, 6) is -0.936. The summed E-state index contributed by atoms with van der Waals surface area (Å²) in [5, 5.41) is 3.09. The van der Waals surface area contributed by atoms with E-state index in [0.717, 1.165) is 11.3 Å². The van der Waals surface area contributed by atoms with Crippen LogP contribution in [0.15, 0.2) is 53.5 Å². The molecule has 0 aliphatic carbocycles. The number of ketones is 2. The lowest BCUT2D eigenvalue weighted by atomic mass is 10.00. The molecule has 0 bridgehead atoms. The Kier molecular flexibility index (Phi) is 2.15. The molecule has 2 aliphatic heterocycles. The number of hydrogen-bond donors (Lipinski definition) is 1. The number of rotatable bonds is 0. The van der Waals surface area contributed by atoms with Gasteiger partial charge in [-0.25, -0.2) is 4.99 Å². The second-order valence-electron chi connectivity index (χ2n) is 4.83. The topological polar surface area (TPSA) is 58.5 Å². The van der Waals surface area contributed by atoms with E-state index in [0.29, 0.717) is 17.0 Å². The van der Waals surface area contributed by atoms with E-state index in [4.69, 9.17) is 0 Å². The summed E-state index contributed by atoms with van der Waals surface area (Å²) >= 11 is 0. The number of carbonyl (C=O) groups excluding carboxylic acids is 2. The smallest absolute Gasteiger partial charge is 0.233 e. The third kappa shape index (κ3) is 1.39. The van der Waals surface area contributed by atoms with Gasteiger partial charge in [0.1, 0.15) is 6.04 Å². The lowest BCUT2D eigenvalue weighted by Gasteiger charge is -2.07. The minimum absolute atomic E-state index is 0.374. The molecule has 0 fully saturated rings. The number of para-hydroxylation sites is 2. The summed E-state index contributed by atoms with van der Waals surface area (Å²) < 4.78 is 0. The Labute approximate surface area is 115 Å². The fraction of sp³-hybridized carbons (Fsp3) is 0.0625. The van der Waals surface area contributed by atoms with Gasteiger partial charge in [0.2, 0.25) is 11.6 Å². The first-order valence-electron chi connectivity index (χ1n) is 6.38. The molecule has 2 heterocycles. The maximum atomic E-state index is 12.4. The van der Waals surface area contributed by atoms with Gasteiger partial charge >= 0.3 is 0 Å². The summed E-state index contributed by atoms with van der Waals surface area (Å²) in [5.41, 5.74) is 3.29. The molecule has 4 heteroatoms. The van der Waals surface area contributed by atoms with E-state index >= 15 is 0 Å². The first kappa shape index (κ1) is 11.1. The number of carbonyl (C=O) groups is 2. The van der Waals surface area contributed by atoms with Crippen LogP contribution < -0.4 is 5.32 Å². The number of hydrogen-bond acceptors (Lipinski definition) is 4.